The monoisotopic (exact) mass is 262 g/mol. The molecule has 2 atom stereocenters. The fraction of sp³-hybridized carbons (Fsp3) is 0.600. The molecule has 0 N–H and O–H groups in total. The van der Waals surface area contributed by atoms with E-state index in [0.29, 0.717) is 17.5 Å². The van der Waals surface area contributed by atoms with Gasteiger partial charge in [-0.1, -0.05) is 19.8 Å². The highest BCUT2D eigenvalue weighted by atomic mass is 16.2. The van der Waals surface area contributed by atoms with E-state index in [1.807, 2.05) is 11.9 Å². The maximum atomic E-state index is 12.4. The van der Waals surface area contributed by atoms with Crippen LogP contribution in [0.3, 0.4) is 0 Å². The van der Waals surface area contributed by atoms with Crippen LogP contribution < -0.4 is 5.56 Å². The molecular formula is C15H22N2O2. The molecule has 2 unspecified atom stereocenters. The molecule has 1 aliphatic rings. The number of hydrogen-bond donors (Lipinski definition) is 0. The van der Waals surface area contributed by atoms with Gasteiger partial charge < -0.3 is 9.47 Å². The summed E-state index contributed by atoms with van der Waals surface area (Å²) in [4.78, 5) is 25.8. The second-order valence-corrected chi connectivity index (χ2v) is 5.61. The summed E-state index contributed by atoms with van der Waals surface area (Å²) in [7, 11) is 3.54. The smallest absolute Gasteiger partial charge is 0.254 e. The summed E-state index contributed by atoms with van der Waals surface area (Å²) in [6.07, 6.45) is 6.33. The molecule has 0 radical (unpaired) electrons. The summed E-state index contributed by atoms with van der Waals surface area (Å²) >= 11 is 0. The first-order valence-corrected chi connectivity index (χ1v) is 6.94. The molecule has 0 bridgehead atoms. The first-order valence-electron chi connectivity index (χ1n) is 6.94. The zero-order valence-electron chi connectivity index (χ0n) is 11.9. The zero-order chi connectivity index (χ0) is 14.0. The van der Waals surface area contributed by atoms with Crippen LogP contribution >= 0.6 is 0 Å². The fourth-order valence-electron chi connectivity index (χ4n) is 2.91. The van der Waals surface area contributed by atoms with Crippen molar-refractivity contribution in [2.24, 2.45) is 13.0 Å². The second kappa shape index (κ2) is 5.59. The Hall–Kier alpha value is -1.58. The van der Waals surface area contributed by atoms with Crippen LogP contribution in [0.2, 0.25) is 0 Å². The molecule has 1 heterocycles. The Morgan fingerprint density at radius 3 is 2.68 bits per heavy atom. The van der Waals surface area contributed by atoms with Crippen LogP contribution in [0.25, 0.3) is 0 Å². The highest BCUT2D eigenvalue weighted by molar-refractivity contribution is 5.94. The summed E-state index contributed by atoms with van der Waals surface area (Å²) in [6.45, 7) is 2.21. The Morgan fingerprint density at radius 1 is 1.37 bits per heavy atom. The van der Waals surface area contributed by atoms with Crippen molar-refractivity contribution in [1.29, 1.82) is 0 Å². The van der Waals surface area contributed by atoms with Crippen molar-refractivity contribution in [3.63, 3.8) is 0 Å². The van der Waals surface area contributed by atoms with E-state index in [-0.39, 0.29) is 11.5 Å². The van der Waals surface area contributed by atoms with Gasteiger partial charge in [-0.05, 0) is 24.8 Å². The largest absolute Gasteiger partial charge is 0.338 e. The summed E-state index contributed by atoms with van der Waals surface area (Å²) in [5.74, 6) is 0.491. The molecule has 1 fully saturated rings. The highest BCUT2D eigenvalue weighted by Crippen LogP contribution is 2.28. The van der Waals surface area contributed by atoms with Crippen LogP contribution in [0.5, 0.6) is 0 Å². The predicted molar refractivity (Wildman–Crippen MR) is 75.2 cm³/mol. The number of hydrogen-bond acceptors (Lipinski definition) is 2. The first kappa shape index (κ1) is 13.8. The van der Waals surface area contributed by atoms with Crippen molar-refractivity contribution in [3.8, 4) is 0 Å². The van der Waals surface area contributed by atoms with Gasteiger partial charge in [-0.3, -0.25) is 9.59 Å². The van der Waals surface area contributed by atoms with Gasteiger partial charge in [-0.15, -0.1) is 0 Å². The van der Waals surface area contributed by atoms with Crippen LogP contribution in [0.1, 0.15) is 43.0 Å². The minimum atomic E-state index is -0.143. The number of carbonyl (C=O) groups excluding carboxylic acids is 1. The third-order valence-electron chi connectivity index (χ3n) is 4.24. The molecule has 0 aromatic carbocycles. The van der Waals surface area contributed by atoms with Gasteiger partial charge in [0, 0.05) is 38.0 Å². The lowest BCUT2D eigenvalue weighted by molar-refractivity contribution is 0.0628. The molecule has 0 saturated heterocycles. The standard InChI is InChI=1S/C15H22N2O2/c1-11-6-4-5-7-13(11)17(3)15(19)12-8-9-16(2)14(18)10-12/h8-11,13H,4-7H2,1-3H3. The van der Waals surface area contributed by atoms with Gasteiger partial charge in [0.2, 0.25) is 0 Å². The lowest BCUT2D eigenvalue weighted by atomic mass is 9.85. The van der Waals surface area contributed by atoms with E-state index in [9.17, 15) is 9.59 Å². The minimum Gasteiger partial charge on any atom is -0.338 e. The summed E-state index contributed by atoms with van der Waals surface area (Å²) in [6, 6.07) is 3.44. The van der Waals surface area contributed by atoms with Crippen molar-refractivity contribution >= 4 is 5.91 Å². The van der Waals surface area contributed by atoms with E-state index in [4.69, 9.17) is 0 Å². The first-order chi connectivity index (χ1) is 9.00. The van der Waals surface area contributed by atoms with E-state index in [1.54, 1.807) is 19.3 Å². The van der Waals surface area contributed by atoms with E-state index in [2.05, 4.69) is 6.92 Å². The van der Waals surface area contributed by atoms with Crippen molar-refractivity contribution < 1.29 is 4.79 Å². The van der Waals surface area contributed by atoms with Crippen LogP contribution in [-0.4, -0.2) is 28.5 Å². The quantitative estimate of drug-likeness (QED) is 0.818. The number of aryl methyl sites for hydroxylation is 1. The van der Waals surface area contributed by atoms with Crippen LogP contribution in [-0.2, 0) is 7.05 Å². The van der Waals surface area contributed by atoms with Crippen molar-refractivity contribution in [2.45, 2.75) is 38.6 Å². The SMILES string of the molecule is CC1CCCCC1N(C)C(=O)c1ccn(C)c(=O)c1. The minimum absolute atomic E-state index is 0.0450. The van der Waals surface area contributed by atoms with Gasteiger partial charge in [0.05, 0.1) is 0 Å². The molecule has 1 saturated carbocycles. The molecule has 0 spiro atoms. The van der Waals surface area contributed by atoms with Crippen molar-refractivity contribution in [3.05, 3.63) is 34.2 Å². The molecular weight excluding hydrogens is 240 g/mol. The molecule has 1 aromatic rings. The van der Waals surface area contributed by atoms with E-state index >= 15 is 0 Å². The molecule has 2 rings (SSSR count). The van der Waals surface area contributed by atoms with Gasteiger partial charge >= 0.3 is 0 Å². The number of nitrogens with zero attached hydrogens (tertiary/aromatic N) is 2. The number of aromatic nitrogens is 1. The Balaban J connectivity index is 2.18. The Bertz CT molecular complexity index is 521. The van der Waals surface area contributed by atoms with Gasteiger partial charge in [0.15, 0.2) is 0 Å². The lowest BCUT2D eigenvalue weighted by Crippen LogP contribution is -2.43. The third-order valence-corrected chi connectivity index (χ3v) is 4.24. The maximum Gasteiger partial charge on any atom is 0.254 e. The second-order valence-electron chi connectivity index (χ2n) is 5.61. The normalized spacial score (nSPS) is 23.1. The van der Waals surface area contributed by atoms with Crippen LogP contribution in [0.4, 0.5) is 0 Å². The summed E-state index contributed by atoms with van der Waals surface area (Å²) < 4.78 is 1.47. The maximum absolute atomic E-state index is 12.4. The van der Waals surface area contributed by atoms with Crippen molar-refractivity contribution in [2.75, 3.05) is 7.05 Å². The molecule has 4 heteroatoms. The van der Waals surface area contributed by atoms with E-state index < -0.39 is 0 Å². The molecule has 19 heavy (non-hydrogen) atoms. The Labute approximate surface area is 114 Å². The average Bonchev–Trinajstić information content (AvgIpc) is 2.41. The average molecular weight is 262 g/mol. The topological polar surface area (TPSA) is 42.3 Å². The Morgan fingerprint density at radius 2 is 2.05 bits per heavy atom. The molecule has 1 amide bonds. The number of rotatable bonds is 2. The highest BCUT2D eigenvalue weighted by Gasteiger charge is 2.28. The van der Waals surface area contributed by atoms with Crippen molar-refractivity contribution in [1.82, 2.24) is 9.47 Å². The number of amides is 1. The van der Waals surface area contributed by atoms with E-state index in [1.165, 1.54) is 29.9 Å². The number of carbonyl (C=O) groups is 1. The van der Waals surface area contributed by atoms with Gasteiger partial charge in [0.25, 0.3) is 11.5 Å². The molecule has 0 aliphatic heterocycles. The van der Waals surface area contributed by atoms with E-state index in [0.717, 1.165) is 6.42 Å². The van der Waals surface area contributed by atoms with Crippen LogP contribution in [0.15, 0.2) is 23.1 Å². The predicted octanol–water partition coefficient (Wildman–Crippen LogP) is 2.04. The van der Waals surface area contributed by atoms with Gasteiger partial charge in [-0.2, -0.15) is 0 Å². The summed E-state index contributed by atoms with van der Waals surface area (Å²) in [5.41, 5.74) is 0.347. The Kier molecular flexibility index (Phi) is 4.08. The number of pyridine rings is 1. The van der Waals surface area contributed by atoms with Gasteiger partial charge in [0.1, 0.15) is 0 Å². The molecule has 104 valence electrons. The third kappa shape index (κ3) is 2.88. The molecule has 1 aliphatic carbocycles. The fourth-order valence-corrected chi connectivity index (χ4v) is 2.91. The summed E-state index contributed by atoms with van der Waals surface area (Å²) in [5, 5.41) is 0. The van der Waals surface area contributed by atoms with Crippen LogP contribution in [0, 0.1) is 5.92 Å². The lowest BCUT2D eigenvalue weighted by Gasteiger charge is -2.36. The van der Waals surface area contributed by atoms with Gasteiger partial charge in [-0.25, -0.2) is 0 Å². The molecule has 4 nitrogen and oxygen atoms in total. The molecule has 1 aromatic heterocycles. The zero-order valence-corrected chi connectivity index (χ0v) is 11.9.